The molecule has 1 aromatic carbocycles. The van der Waals surface area contributed by atoms with E-state index in [1.807, 2.05) is 4.57 Å². The highest BCUT2D eigenvalue weighted by Gasteiger charge is 2.41. The first-order valence-electron chi connectivity index (χ1n) is 7.74. The predicted molar refractivity (Wildman–Crippen MR) is 96.7 cm³/mol. The summed E-state index contributed by atoms with van der Waals surface area (Å²) in [6.07, 6.45) is 3.40. The van der Waals surface area contributed by atoms with E-state index in [9.17, 15) is 19.5 Å². The molecule has 0 aliphatic carbocycles. The summed E-state index contributed by atoms with van der Waals surface area (Å²) in [6, 6.07) is 9.21. The Kier molecular flexibility index (Phi) is 4.85. The molecular formula is C18H16N2O5S. The minimum atomic E-state index is -0.984. The van der Waals surface area contributed by atoms with Crippen molar-refractivity contribution in [2.75, 3.05) is 7.11 Å². The number of nitrogens with zero attached hydrogens (tertiary/aromatic N) is 2. The van der Waals surface area contributed by atoms with Crippen LogP contribution in [-0.2, 0) is 14.3 Å². The molecule has 7 nitrogen and oxygen atoms in total. The molecule has 1 aliphatic heterocycles. The van der Waals surface area contributed by atoms with Crippen LogP contribution >= 0.6 is 11.8 Å². The van der Waals surface area contributed by atoms with Gasteiger partial charge >= 0.3 is 5.97 Å². The van der Waals surface area contributed by atoms with Crippen molar-refractivity contribution < 1.29 is 24.2 Å². The molecule has 8 heteroatoms. The molecule has 3 rings (SSSR count). The lowest BCUT2D eigenvalue weighted by molar-refractivity contribution is -0.148. The molecule has 1 saturated heterocycles. The van der Waals surface area contributed by atoms with Gasteiger partial charge in [-0.1, -0.05) is 0 Å². The molecule has 0 spiro atoms. The number of methoxy groups -OCH3 is 1. The summed E-state index contributed by atoms with van der Waals surface area (Å²) < 4.78 is 6.43. The number of aromatic hydroxyl groups is 1. The second-order valence-corrected chi connectivity index (χ2v) is 6.56. The van der Waals surface area contributed by atoms with E-state index >= 15 is 0 Å². The molecule has 2 heterocycles. The van der Waals surface area contributed by atoms with Crippen LogP contribution in [0.15, 0.2) is 47.5 Å². The molecule has 0 unspecified atom stereocenters. The van der Waals surface area contributed by atoms with Crippen molar-refractivity contribution in [3.05, 3.63) is 53.2 Å². The molecule has 1 N–H and O–H groups in total. The van der Waals surface area contributed by atoms with E-state index in [0.717, 1.165) is 22.3 Å². The first-order valence-corrected chi connectivity index (χ1v) is 8.55. The smallest absolute Gasteiger partial charge is 0.328 e. The Morgan fingerprint density at radius 3 is 2.58 bits per heavy atom. The third kappa shape index (κ3) is 3.23. The second-order valence-electron chi connectivity index (χ2n) is 5.57. The van der Waals surface area contributed by atoms with Crippen LogP contribution in [-0.4, -0.2) is 44.8 Å². The van der Waals surface area contributed by atoms with Crippen LogP contribution in [0.3, 0.4) is 0 Å². The van der Waals surface area contributed by atoms with Crippen LogP contribution in [0.5, 0.6) is 5.75 Å². The third-order valence-electron chi connectivity index (χ3n) is 3.94. The van der Waals surface area contributed by atoms with Gasteiger partial charge in [-0.25, -0.2) is 4.79 Å². The zero-order chi connectivity index (χ0) is 18.8. The minimum absolute atomic E-state index is 0.153. The number of thioether (sulfide) groups is 1. The monoisotopic (exact) mass is 372 g/mol. The Morgan fingerprint density at radius 2 is 1.92 bits per heavy atom. The Hall–Kier alpha value is -3.00. The molecule has 2 amide bonds. The van der Waals surface area contributed by atoms with Gasteiger partial charge in [0.15, 0.2) is 0 Å². The second kappa shape index (κ2) is 7.09. The number of imide groups is 1. The quantitative estimate of drug-likeness (QED) is 0.656. The molecule has 2 aromatic rings. The largest absolute Gasteiger partial charge is 0.508 e. The van der Waals surface area contributed by atoms with E-state index in [-0.39, 0.29) is 10.7 Å². The van der Waals surface area contributed by atoms with E-state index < -0.39 is 23.2 Å². The molecule has 134 valence electrons. The summed E-state index contributed by atoms with van der Waals surface area (Å²) in [5, 5.41) is 8.90. The number of amides is 2. The number of carbonyl (C=O) groups is 3. The number of hydrogen-bond donors (Lipinski definition) is 1. The summed E-state index contributed by atoms with van der Waals surface area (Å²) in [6.45, 7) is 1.45. The summed E-state index contributed by atoms with van der Waals surface area (Å²) in [4.78, 5) is 37.5. The number of rotatable bonds is 4. The minimum Gasteiger partial charge on any atom is -0.508 e. The SMILES string of the molecule is COC(=O)[C@H](C)N1C(=O)S/C(=C/c2cccn2-c2ccc(O)cc2)C1=O. The van der Waals surface area contributed by atoms with E-state index in [2.05, 4.69) is 4.74 Å². The molecule has 26 heavy (non-hydrogen) atoms. The van der Waals surface area contributed by atoms with Gasteiger partial charge in [0.1, 0.15) is 11.8 Å². The van der Waals surface area contributed by atoms with Crippen molar-refractivity contribution in [3.63, 3.8) is 0 Å². The number of esters is 1. The van der Waals surface area contributed by atoms with Crippen LogP contribution in [0.2, 0.25) is 0 Å². The van der Waals surface area contributed by atoms with Crippen molar-refractivity contribution in [1.29, 1.82) is 0 Å². The lowest BCUT2D eigenvalue weighted by Gasteiger charge is -2.18. The number of ether oxygens (including phenoxy) is 1. The van der Waals surface area contributed by atoms with Gasteiger partial charge in [-0.05, 0) is 61.2 Å². The van der Waals surface area contributed by atoms with Crippen molar-refractivity contribution in [2.24, 2.45) is 0 Å². The van der Waals surface area contributed by atoms with Gasteiger partial charge in [-0.2, -0.15) is 0 Å². The standard InChI is InChI=1S/C18H16N2O5S/c1-11(17(23)25-2)20-16(22)15(26-18(20)24)10-13-4-3-9-19(13)12-5-7-14(21)8-6-12/h3-11,21H,1-2H3/b15-10+/t11-/m0/s1. The average Bonchev–Trinajstić information content (AvgIpc) is 3.19. The number of benzene rings is 1. The Balaban J connectivity index is 1.91. The fourth-order valence-electron chi connectivity index (χ4n) is 2.58. The van der Waals surface area contributed by atoms with E-state index in [0.29, 0.717) is 5.69 Å². The predicted octanol–water partition coefficient (Wildman–Crippen LogP) is 2.78. The van der Waals surface area contributed by atoms with Crippen molar-refractivity contribution in [2.45, 2.75) is 13.0 Å². The molecular weight excluding hydrogens is 356 g/mol. The van der Waals surface area contributed by atoms with Gasteiger partial charge in [0.2, 0.25) is 0 Å². The lowest BCUT2D eigenvalue weighted by atomic mass is 10.2. The van der Waals surface area contributed by atoms with Crippen LogP contribution in [0.25, 0.3) is 11.8 Å². The van der Waals surface area contributed by atoms with E-state index in [4.69, 9.17) is 0 Å². The molecule has 0 radical (unpaired) electrons. The van der Waals surface area contributed by atoms with Crippen LogP contribution in [0, 0.1) is 0 Å². The Labute approximate surface area is 153 Å². The summed E-state index contributed by atoms with van der Waals surface area (Å²) >= 11 is 0.780. The zero-order valence-electron chi connectivity index (χ0n) is 14.1. The van der Waals surface area contributed by atoms with Crippen LogP contribution in [0.1, 0.15) is 12.6 Å². The molecule has 1 fully saturated rings. The average molecular weight is 372 g/mol. The fourth-order valence-corrected chi connectivity index (χ4v) is 3.48. The Bertz CT molecular complexity index is 901. The van der Waals surface area contributed by atoms with Gasteiger partial charge in [0.05, 0.1) is 12.0 Å². The number of carbonyl (C=O) groups excluding carboxylic acids is 3. The first-order chi connectivity index (χ1) is 12.4. The van der Waals surface area contributed by atoms with Gasteiger partial charge in [-0.15, -0.1) is 0 Å². The summed E-state index contributed by atoms with van der Waals surface area (Å²) in [5.74, 6) is -1.03. The van der Waals surface area contributed by atoms with E-state index in [1.54, 1.807) is 48.7 Å². The Morgan fingerprint density at radius 1 is 1.23 bits per heavy atom. The highest BCUT2D eigenvalue weighted by atomic mass is 32.2. The molecule has 1 aromatic heterocycles. The molecule has 0 bridgehead atoms. The van der Waals surface area contributed by atoms with Gasteiger partial charge in [0.25, 0.3) is 11.1 Å². The highest BCUT2D eigenvalue weighted by Crippen LogP contribution is 2.34. The van der Waals surface area contributed by atoms with Gasteiger partial charge in [0, 0.05) is 17.6 Å². The number of aromatic nitrogens is 1. The third-order valence-corrected chi connectivity index (χ3v) is 4.82. The van der Waals surface area contributed by atoms with Crippen LogP contribution < -0.4 is 0 Å². The highest BCUT2D eigenvalue weighted by molar-refractivity contribution is 8.18. The van der Waals surface area contributed by atoms with Crippen molar-refractivity contribution >= 4 is 35.0 Å². The maximum absolute atomic E-state index is 12.6. The van der Waals surface area contributed by atoms with Crippen molar-refractivity contribution in [3.8, 4) is 11.4 Å². The zero-order valence-corrected chi connectivity index (χ0v) is 14.9. The fraction of sp³-hybridized carbons (Fsp3) is 0.167. The number of hydrogen-bond acceptors (Lipinski definition) is 6. The molecule has 0 saturated carbocycles. The number of phenolic OH excluding ortho intramolecular Hbond substituents is 1. The maximum Gasteiger partial charge on any atom is 0.328 e. The first kappa shape index (κ1) is 17.8. The number of phenols is 1. The topological polar surface area (TPSA) is 88.8 Å². The summed E-state index contributed by atoms with van der Waals surface area (Å²) in [5.41, 5.74) is 1.48. The molecule has 1 aliphatic rings. The van der Waals surface area contributed by atoms with E-state index in [1.165, 1.54) is 14.0 Å². The maximum atomic E-state index is 12.6. The normalized spacial score (nSPS) is 17.0. The van der Waals surface area contributed by atoms with Crippen LogP contribution in [0.4, 0.5) is 4.79 Å². The lowest BCUT2D eigenvalue weighted by Crippen LogP contribution is -2.42. The van der Waals surface area contributed by atoms with Gasteiger partial charge in [-0.3, -0.25) is 14.5 Å². The van der Waals surface area contributed by atoms with Crippen molar-refractivity contribution in [1.82, 2.24) is 9.47 Å². The van der Waals surface area contributed by atoms with Gasteiger partial charge < -0.3 is 14.4 Å². The summed E-state index contributed by atoms with van der Waals surface area (Å²) in [7, 11) is 1.21. The molecule has 1 atom stereocenters.